The molecule has 2 rings (SSSR count). The van der Waals surface area contributed by atoms with Gasteiger partial charge in [-0.05, 0) is 5.56 Å². The summed E-state index contributed by atoms with van der Waals surface area (Å²) in [6.07, 6.45) is 3.21. The number of nitrogens with zero attached hydrogens (tertiary/aromatic N) is 1. The molecule has 1 atom stereocenters. The number of hydrogen-bond donors (Lipinski definition) is 2. The molecule has 0 aliphatic heterocycles. The summed E-state index contributed by atoms with van der Waals surface area (Å²) in [5.41, 5.74) is 6.71. The second-order valence-corrected chi connectivity index (χ2v) is 3.15. The second kappa shape index (κ2) is 4.61. The number of aromatic amines is 1. The summed E-state index contributed by atoms with van der Waals surface area (Å²) >= 11 is 0. The van der Waals surface area contributed by atoms with Crippen molar-refractivity contribution in [2.75, 3.05) is 6.54 Å². The van der Waals surface area contributed by atoms with E-state index in [0.717, 1.165) is 5.56 Å². The average Bonchev–Trinajstić information content (AvgIpc) is 2.80. The highest BCUT2D eigenvalue weighted by Crippen LogP contribution is 2.17. The fourth-order valence-electron chi connectivity index (χ4n) is 1.37. The van der Waals surface area contributed by atoms with Gasteiger partial charge >= 0.3 is 0 Å². The van der Waals surface area contributed by atoms with Crippen LogP contribution in [-0.2, 0) is 0 Å². The normalized spacial score (nSPS) is 12.3. The molecule has 0 saturated carbocycles. The molecule has 78 valence electrons. The third-order valence-electron chi connectivity index (χ3n) is 2.11. The molecule has 0 radical (unpaired) electrons. The van der Waals surface area contributed by atoms with E-state index in [1.54, 1.807) is 12.4 Å². The van der Waals surface area contributed by atoms with Gasteiger partial charge < -0.3 is 15.5 Å². The standard InChI is InChI=1S/C11H13N3O/c12-8-10(9-4-2-1-3-5-9)15-11-13-6-7-14-11/h1-7,10H,8,12H2,(H,13,14). The number of benzene rings is 1. The molecule has 2 aromatic rings. The van der Waals surface area contributed by atoms with E-state index >= 15 is 0 Å². The first-order chi connectivity index (χ1) is 7.40. The van der Waals surface area contributed by atoms with Crippen molar-refractivity contribution in [3.8, 4) is 6.01 Å². The Hall–Kier alpha value is -1.81. The second-order valence-electron chi connectivity index (χ2n) is 3.15. The Labute approximate surface area is 88.1 Å². The molecule has 0 amide bonds. The van der Waals surface area contributed by atoms with Crippen LogP contribution in [0, 0.1) is 0 Å². The van der Waals surface area contributed by atoms with Crippen LogP contribution < -0.4 is 10.5 Å². The number of H-pyrrole nitrogens is 1. The van der Waals surface area contributed by atoms with Crippen LogP contribution in [0.3, 0.4) is 0 Å². The van der Waals surface area contributed by atoms with Crippen molar-refractivity contribution in [2.24, 2.45) is 5.73 Å². The Morgan fingerprint density at radius 2 is 2.13 bits per heavy atom. The lowest BCUT2D eigenvalue weighted by Crippen LogP contribution is -2.18. The Morgan fingerprint density at radius 3 is 2.73 bits per heavy atom. The fourth-order valence-corrected chi connectivity index (χ4v) is 1.37. The number of ether oxygens (including phenoxy) is 1. The number of hydrogen-bond acceptors (Lipinski definition) is 3. The van der Waals surface area contributed by atoms with Crippen LogP contribution >= 0.6 is 0 Å². The summed E-state index contributed by atoms with van der Waals surface area (Å²) < 4.78 is 5.60. The van der Waals surface area contributed by atoms with Gasteiger partial charge in [0.25, 0.3) is 6.01 Å². The predicted octanol–water partition coefficient (Wildman–Crippen LogP) is 1.49. The number of rotatable bonds is 4. The van der Waals surface area contributed by atoms with Crippen molar-refractivity contribution < 1.29 is 4.74 Å². The van der Waals surface area contributed by atoms with E-state index in [-0.39, 0.29) is 6.10 Å². The predicted molar refractivity (Wildman–Crippen MR) is 57.5 cm³/mol. The largest absolute Gasteiger partial charge is 0.455 e. The number of aromatic nitrogens is 2. The first-order valence-corrected chi connectivity index (χ1v) is 4.81. The summed E-state index contributed by atoms with van der Waals surface area (Å²) in [5.74, 6) is 0. The smallest absolute Gasteiger partial charge is 0.294 e. The molecule has 0 bridgehead atoms. The lowest BCUT2D eigenvalue weighted by Gasteiger charge is -2.15. The van der Waals surface area contributed by atoms with Gasteiger partial charge in [0.1, 0.15) is 6.10 Å². The van der Waals surface area contributed by atoms with Crippen molar-refractivity contribution >= 4 is 0 Å². The Morgan fingerprint density at radius 1 is 1.33 bits per heavy atom. The van der Waals surface area contributed by atoms with Crippen LogP contribution in [0.4, 0.5) is 0 Å². The highest BCUT2D eigenvalue weighted by Gasteiger charge is 2.11. The average molecular weight is 203 g/mol. The van der Waals surface area contributed by atoms with Gasteiger partial charge in [0, 0.05) is 18.9 Å². The lowest BCUT2D eigenvalue weighted by molar-refractivity contribution is 0.198. The zero-order chi connectivity index (χ0) is 10.5. The minimum Gasteiger partial charge on any atom is -0.455 e. The fraction of sp³-hybridized carbons (Fsp3) is 0.182. The highest BCUT2D eigenvalue weighted by atomic mass is 16.5. The van der Waals surface area contributed by atoms with Crippen LogP contribution in [0.1, 0.15) is 11.7 Å². The van der Waals surface area contributed by atoms with Crippen molar-refractivity contribution in [3.63, 3.8) is 0 Å². The van der Waals surface area contributed by atoms with Gasteiger partial charge in [0.05, 0.1) is 0 Å². The van der Waals surface area contributed by atoms with Crippen molar-refractivity contribution in [2.45, 2.75) is 6.10 Å². The van der Waals surface area contributed by atoms with E-state index in [0.29, 0.717) is 12.6 Å². The van der Waals surface area contributed by atoms with Crippen molar-refractivity contribution in [3.05, 3.63) is 48.3 Å². The molecular weight excluding hydrogens is 190 g/mol. The van der Waals surface area contributed by atoms with Crippen LogP contribution in [0.25, 0.3) is 0 Å². The van der Waals surface area contributed by atoms with Gasteiger partial charge in [0.15, 0.2) is 0 Å². The Kier molecular flexibility index (Phi) is 2.99. The zero-order valence-electron chi connectivity index (χ0n) is 8.26. The monoisotopic (exact) mass is 203 g/mol. The summed E-state index contributed by atoms with van der Waals surface area (Å²) in [5, 5.41) is 0. The molecule has 3 N–H and O–H groups in total. The molecular formula is C11H13N3O. The molecule has 0 fully saturated rings. The topological polar surface area (TPSA) is 63.9 Å². The molecule has 1 aromatic heterocycles. The zero-order valence-corrected chi connectivity index (χ0v) is 8.26. The maximum atomic E-state index is 5.65. The first kappa shape index (κ1) is 9.73. The van der Waals surface area contributed by atoms with E-state index in [2.05, 4.69) is 9.97 Å². The van der Waals surface area contributed by atoms with Crippen molar-refractivity contribution in [1.29, 1.82) is 0 Å². The van der Waals surface area contributed by atoms with Gasteiger partial charge in [-0.1, -0.05) is 30.3 Å². The van der Waals surface area contributed by atoms with E-state index in [1.165, 1.54) is 0 Å². The quantitative estimate of drug-likeness (QED) is 0.791. The van der Waals surface area contributed by atoms with Crippen LogP contribution in [-0.4, -0.2) is 16.5 Å². The molecule has 0 aliphatic rings. The van der Waals surface area contributed by atoms with Crippen LogP contribution in [0.15, 0.2) is 42.7 Å². The van der Waals surface area contributed by atoms with Gasteiger partial charge in [-0.3, -0.25) is 0 Å². The molecule has 0 aliphatic carbocycles. The SMILES string of the molecule is NCC(Oc1ncc[nH]1)c1ccccc1. The molecule has 4 heteroatoms. The summed E-state index contributed by atoms with van der Waals surface area (Å²) in [6, 6.07) is 10.4. The summed E-state index contributed by atoms with van der Waals surface area (Å²) in [4.78, 5) is 6.88. The maximum absolute atomic E-state index is 5.65. The van der Waals surface area contributed by atoms with Gasteiger partial charge in [-0.2, -0.15) is 0 Å². The molecule has 0 saturated heterocycles. The molecule has 15 heavy (non-hydrogen) atoms. The third kappa shape index (κ3) is 2.35. The Balaban J connectivity index is 2.12. The van der Waals surface area contributed by atoms with Gasteiger partial charge in [-0.25, -0.2) is 4.98 Å². The van der Waals surface area contributed by atoms with E-state index in [9.17, 15) is 0 Å². The van der Waals surface area contributed by atoms with Crippen molar-refractivity contribution in [1.82, 2.24) is 9.97 Å². The van der Waals surface area contributed by atoms with E-state index < -0.39 is 0 Å². The molecule has 0 spiro atoms. The van der Waals surface area contributed by atoms with Crippen LogP contribution in [0.5, 0.6) is 6.01 Å². The van der Waals surface area contributed by atoms with Gasteiger partial charge in [-0.15, -0.1) is 0 Å². The number of imidazole rings is 1. The van der Waals surface area contributed by atoms with E-state index in [4.69, 9.17) is 10.5 Å². The number of nitrogens with one attached hydrogen (secondary N) is 1. The molecule has 4 nitrogen and oxygen atoms in total. The van der Waals surface area contributed by atoms with E-state index in [1.807, 2.05) is 30.3 Å². The maximum Gasteiger partial charge on any atom is 0.294 e. The summed E-state index contributed by atoms with van der Waals surface area (Å²) in [7, 11) is 0. The number of nitrogens with two attached hydrogens (primary N) is 1. The highest BCUT2D eigenvalue weighted by molar-refractivity contribution is 5.18. The molecule has 1 heterocycles. The lowest BCUT2D eigenvalue weighted by atomic mass is 10.1. The first-order valence-electron chi connectivity index (χ1n) is 4.81. The molecule has 1 aromatic carbocycles. The molecule has 1 unspecified atom stereocenters. The summed E-state index contributed by atoms with van der Waals surface area (Å²) in [6.45, 7) is 0.421. The minimum absolute atomic E-state index is 0.155. The minimum atomic E-state index is -0.155. The third-order valence-corrected chi connectivity index (χ3v) is 2.11. The van der Waals surface area contributed by atoms with Crippen LogP contribution in [0.2, 0.25) is 0 Å². The Bertz CT molecular complexity index is 385. The van der Waals surface area contributed by atoms with Gasteiger partial charge in [0.2, 0.25) is 0 Å².